The molecule has 0 aliphatic heterocycles. The maximum atomic E-state index is 13.5. The van der Waals surface area contributed by atoms with E-state index in [0.717, 1.165) is 15.4 Å². The maximum absolute atomic E-state index is 13.5. The molecule has 0 bridgehead atoms. The van der Waals surface area contributed by atoms with Crippen LogP contribution in [0.3, 0.4) is 0 Å². The first-order valence-corrected chi connectivity index (χ1v) is 12.7. The highest BCUT2D eigenvalue weighted by atomic mass is 32.2. The normalized spacial score (nSPS) is 11.4. The molecule has 3 aromatic rings. The van der Waals surface area contributed by atoms with E-state index in [1.165, 1.54) is 17.7 Å². The number of nitrogens with zero attached hydrogens (tertiary/aromatic N) is 1. The fourth-order valence-corrected chi connectivity index (χ4v) is 5.08. The predicted octanol–water partition coefficient (Wildman–Crippen LogP) is 5.63. The Morgan fingerprint density at radius 2 is 1.50 bits per heavy atom. The zero-order valence-corrected chi connectivity index (χ0v) is 21.1. The Labute approximate surface area is 202 Å². The molecule has 0 aromatic heterocycles. The largest absolute Gasteiger partial charge is 0.494 e. The van der Waals surface area contributed by atoms with Crippen LogP contribution in [0.2, 0.25) is 0 Å². The Balaban J connectivity index is 1.92. The molecular weight excluding hydrogens is 450 g/mol. The average molecular weight is 482 g/mol. The molecule has 180 valence electrons. The number of sulfonamides is 1. The van der Waals surface area contributed by atoms with E-state index >= 15 is 0 Å². The highest BCUT2D eigenvalue weighted by Gasteiger charge is 2.31. The van der Waals surface area contributed by atoms with Crippen LogP contribution in [-0.4, -0.2) is 27.5 Å². The highest BCUT2D eigenvalue weighted by Crippen LogP contribution is 2.28. The second-order valence-electron chi connectivity index (χ2n) is 8.36. The van der Waals surface area contributed by atoms with E-state index in [4.69, 9.17) is 9.47 Å². The van der Waals surface area contributed by atoms with Gasteiger partial charge in [0.25, 0.3) is 15.9 Å². The van der Waals surface area contributed by atoms with Crippen molar-refractivity contribution in [3.8, 4) is 11.5 Å². The average Bonchev–Trinajstić information content (AvgIpc) is 2.79. The Bertz CT molecular complexity index is 1230. The van der Waals surface area contributed by atoms with Crippen LogP contribution in [0.5, 0.6) is 11.5 Å². The molecule has 0 radical (unpaired) electrons. The summed E-state index contributed by atoms with van der Waals surface area (Å²) < 4.78 is 39.0. The van der Waals surface area contributed by atoms with Crippen LogP contribution in [0.4, 0.5) is 5.69 Å². The first-order valence-electron chi connectivity index (χ1n) is 11.2. The van der Waals surface area contributed by atoms with Gasteiger partial charge in [0.15, 0.2) is 6.61 Å². The number of carbonyl (C=O) groups excluding carboxylic acids is 1. The molecule has 0 unspecified atom stereocenters. The summed E-state index contributed by atoms with van der Waals surface area (Å²) in [6.45, 7) is 9.97. The molecule has 0 N–H and O–H groups in total. The number of rotatable bonds is 9. The third-order valence-electron chi connectivity index (χ3n) is 5.39. The number of benzene rings is 3. The first-order chi connectivity index (χ1) is 16.1. The lowest BCUT2D eigenvalue weighted by molar-refractivity contribution is -0.119. The summed E-state index contributed by atoms with van der Waals surface area (Å²) in [7, 11) is -4.16. The molecule has 34 heavy (non-hydrogen) atoms. The fraction of sp³-hybridized carbons (Fsp3) is 0.296. The summed E-state index contributed by atoms with van der Waals surface area (Å²) in [5, 5.41) is 0. The first kappa shape index (κ1) is 25.3. The maximum Gasteiger partial charge on any atom is 0.278 e. The van der Waals surface area contributed by atoms with Crippen LogP contribution in [0.1, 0.15) is 43.4 Å². The van der Waals surface area contributed by atoms with Gasteiger partial charge in [0.05, 0.1) is 17.2 Å². The standard InChI is InChI=1S/C27H31NO5S/c1-6-32-23-11-9-22(10-12-23)28(34(30,31)25-14-7-20(4)8-15-25)27(29)18-33-24-13-16-26(19(2)3)21(5)17-24/h7-17,19H,6,18H2,1-5H3. The van der Waals surface area contributed by atoms with Crippen LogP contribution in [0.25, 0.3) is 0 Å². The van der Waals surface area contributed by atoms with E-state index in [2.05, 4.69) is 13.8 Å². The highest BCUT2D eigenvalue weighted by molar-refractivity contribution is 7.93. The van der Waals surface area contributed by atoms with Crippen molar-refractivity contribution in [1.29, 1.82) is 0 Å². The number of carbonyl (C=O) groups is 1. The van der Waals surface area contributed by atoms with E-state index in [1.54, 1.807) is 42.5 Å². The van der Waals surface area contributed by atoms with Gasteiger partial charge in [0.2, 0.25) is 0 Å². The van der Waals surface area contributed by atoms with E-state index in [1.807, 2.05) is 32.9 Å². The summed E-state index contributed by atoms with van der Waals surface area (Å²) in [4.78, 5) is 13.3. The molecule has 3 rings (SSSR count). The molecule has 0 saturated carbocycles. The number of amides is 1. The molecule has 0 atom stereocenters. The summed E-state index contributed by atoms with van der Waals surface area (Å²) in [5.74, 6) is 0.763. The van der Waals surface area contributed by atoms with E-state index in [9.17, 15) is 13.2 Å². The van der Waals surface area contributed by atoms with Crippen molar-refractivity contribution >= 4 is 21.6 Å². The second kappa shape index (κ2) is 10.7. The van der Waals surface area contributed by atoms with Crippen molar-refractivity contribution in [3.05, 3.63) is 83.4 Å². The van der Waals surface area contributed by atoms with Crippen LogP contribution in [-0.2, 0) is 14.8 Å². The van der Waals surface area contributed by atoms with Crippen LogP contribution < -0.4 is 13.8 Å². The minimum Gasteiger partial charge on any atom is -0.494 e. The topological polar surface area (TPSA) is 72.9 Å². The molecule has 0 aliphatic carbocycles. The SMILES string of the molecule is CCOc1ccc(N(C(=O)COc2ccc(C(C)C)c(C)c2)S(=O)(=O)c2ccc(C)cc2)cc1. The summed E-state index contributed by atoms with van der Waals surface area (Å²) in [6, 6.07) is 18.4. The van der Waals surface area contributed by atoms with Gasteiger partial charge >= 0.3 is 0 Å². The van der Waals surface area contributed by atoms with Crippen molar-refractivity contribution in [3.63, 3.8) is 0 Å². The van der Waals surface area contributed by atoms with Crippen LogP contribution >= 0.6 is 0 Å². The fourth-order valence-electron chi connectivity index (χ4n) is 3.67. The number of hydrogen-bond donors (Lipinski definition) is 0. The summed E-state index contributed by atoms with van der Waals surface area (Å²) in [5.41, 5.74) is 3.37. The van der Waals surface area contributed by atoms with Gasteiger partial charge in [-0.1, -0.05) is 37.6 Å². The molecule has 0 spiro atoms. The Kier molecular flexibility index (Phi) is 7.99. The zero-order chi connectivity index (χ0) is 24.9. The number of anilines is 1. The Morgan fingerprint density at radius 1 is 0.882 bits per heavy atom. The van der Waals surface area contributed by atoms with Crippen molar-refractivity contribution in [2.75, 3.05) is 17.5 Å². The van der Waals surface area contributed by atoms with E-state index in [-0.39, 0.29) is 10.6 Å². The van der Waals surface area contributed by atoms with Crippen molar-refractivity contribution in [2.24, 2.45) is 0 Å². The number of hydrogen-bond acceptors (Lipinski definition) is 5. The van der Waals surface area contributed by atoms with Crippen LogP contribution in [0.15, 0.2) is 71.6 Å². The van der Waals surface area contributed by atoms with Crippen molar-refractivity contribution in [2.45, 2.75) is 45.4 Å². The third-order valence-corrected chi connectivity index (χ3v) is 7.16. The lowest BCUT2D eigenvalue weighted by atomic mass is 9.98. The smallest absolute Gasteiger partial charge is 0.278 e. The van der Waals surface area contributed by atoms with Gasteiger partial charge in [-0.15, -0.1) is 0 Å². The van der Waals surface area contributed by atoms with E-state index in [0.29, 0.717) is 24.0 Å². The predicted molar refractivity (Wildman–Crippen MR) is 134 cm³/mol. The molecule has 0 saturated heterocycles. The van der Waals surface area contributed by atoms with E-state index < -0.39 is 22.5 Å². The lowest BCUT2D eigenvalue weighted by Gasteiger charge is -2.23. The monoisotopic (exact) mass is 481 g/mol. The van der Waals surface area contributed by atoms with Crippen LogP contribution in [0, 0.1) is 13.8 Å². The summed E-state index contributed by atoms with van der Waals surface area (Å²) in [6.07, 6.45) is 0. The van der Waals surface area contributed by atoms with Gasteiger partial charge in [-0.3, -0.25) is 4.79 Å². The number of ether oxygens (including phenoxy) is 2. The zero-order valence-electron chi connectivity index (χ0n) is 20.2. The van der Waals surface area contributed by atoms with Crippen molar-refractivity contribution in [1.82, 2.24) is 0 Å². The van der Waals surface area contributed by atoms with Gasteiger partial charge in [-0.05, 0) is 86.3 Å². The van der Waals surface area contributed by atoms with Crippen molar-refractivity contribution < 1.29 is 22.7 Å². The molecule has 6 nitrogen and oxygen atoms in total. The van der Waals surface area contributed by atoms with Gasteiger partial charge < -0.3 is 9.47 Å². The minimum atomic E-state index is -4.16. The number of aryl methyl sites for hydroxylation is 2. The molecule has 0 fully saturated rings. The molecule has 7 heteroatoms. The second-order valence-corrected chi connectivity index (χ2v) is 10.2. The Hall–Kier alpha value is -3.32. The molecule has 1 amide bonds. The quantitative estimate of drug-likeness (QED) is 0.396. The van der Waals surface area contributed by atoms with Gasteiger partial charge in [0, 0.05) is 0 Å². The lowest BCUT2D eigenvalue weighted by Crippen LogP contribution is -2.40. The molecule has 0 heterocycles. The minimum absolute atomic E-state index is 0.0254. The molecule has 0 aliphatic rings. The Morgan fingerprint density at radius 3 is 2.06 bits per heavy atom. The van der Waals surface area contributed by atoms with Gasteiger partial charge in [-0.2, -0.15) is 4.31 Å². The molecule has 3 aromatic carbocycles. The van der Waals surface area contributed by atoms with Gasteiger partial charge in [0.1, 0.15) is 11.5 Å². The summed E-state index contributed by atoms with van der Waals surface area (Å²) >= 11 is 0. The third kappa shape index (κ3) is 5.78. The van der Waals surface area contributed by atoms with Gasteiger partial charge in [-0.25, -0.2) is 8.42 Å². The molecular formula is C27H31NO5S.